The molecule has 0 aromatic heterocycles. The molecule has 4 fully saturated rings. The Labute approximate surface area is 223 Å². The van der Waals surface area contributed by atoms with Gasteiger partial charge < -0.3 is 16.0 Å². The molecule has 4 saturated heterocycles. The van der Waals surface area contributed by atoms with Crippen molar-refractivity contribution in [3.05, 3.63) is 35.4 Å². The van der Waals surface area contributed by atoms with Crippen molar-refractivity contribution in [2.45, 2.75) is 88.5 Å². The van der Waals surface area contributed by atoms with Crippen LogP contribution in [0.2, 0.25) is 0 Å². The number of nitrogens with zero attached hydrogens (tertiary/aromatic N) is 1. The third-order valence-corrected chi connectivity index (χ3v) is 11.0. The van der Waals surface area contributed by atoms with Crippen LogP contribution in [0.5, 0.6) is 0 Å². The van der Waals surface area contributed by atoms with Gasteiger partial charge in [-0.25, -0.2) is 9.59 Å². The summed E-state index contributed by atoms with van der Waals surface area (Å²) in [5, 5.41) is 9.90. The van der Waals surface area contributed by atoms with Gasteiger partial charge in [0.1, 0.15) is 0 Å². The second-order valence-electron chi connectivity index (χ2n) is 11.9. The highest BCUT2D eigenvalue weighted by Crippen LogP contribution is 2.39. The van der Waals surface area contributed by atoms with Crippen LogP contribution in [0.1, 0.15) is 64.4 Å². The lowest BCUT2D eigenvalue weighted by molar-refractivity contribution is 0.0789. The number of carbonyl (C=O) groups is 3. The quantitative estimate of drug-likeness (QED) is 0.500. The Hall–Kier alpha value is -1.87. The smallest absolute Gasteiger partial charge is 0.325 e. The Balaban J connectivity index is 0.000000211. The predicted octanol–water partition coefficient (Wildman–Crippen LogP) is 4.47. The molecule has 36 heavy (non-hydrogen) atoms. The van der Waals surface area contributed by atoms with E-state index in [1.165, 1.54) is 10.5 Å². The van der Waals surface area contributed by atoms with E-state index < -0.39 is 0 Å². The Morgan fingerprint density at radius 3 is 2.06 bits per heavy atom. The van der Waals surface area contributed by atoms with E-state index in [9.17, 15) is 14.4 Å². The van der Waals surface area contributed by atoms with E-state index in [2.05, 4.69) is 64.4 Å². The fourth-order valence-electron chi connectivity index (χ4n) is 5.45. The zero-order valence-corrected chi connectivity index (χ0v) is 24.0. The van der Waals surface area contributed by atoms with Crippen LogP contribution in [-0.2, 0) is 5.41 Å². The number of hydrogen-bond acceptors (Lipinski definition) is 5. The Kier molecular flexibility index (Phi) is 7.91. The Morgan fingerprint density at radius 1 is 0.889 bits per heavy atom. The number of benzene rings is 1. The topological polar surface area (TPSA) is 90.5 Å². The van der Waals surface area contributed by atoms with Crippen LogP contribution < -0.4 is 16.0 Å². The van der Waals surface area contributed by atoms with Crippen molar-refractivity contribution < 1.29 is 14.4 Å². The molecule has 198 valence electrons. The number of carbonyl (C=O) groups excluding carboxylic acids is 3. The summed E-state index contributed by atoms with van der Waals surface area (Å²) in [6, 6.07) is 8.17. The molecule has 4 aliphatic rings. The molecule has 0 saturated carbocycles. The molecule has 0 spiro atoms. The molecule has 4 aliphatic heterocycles. The lowest BCUT2D eigenvalue weighted by atomic mass is 9.86. The van der Waals surface area contributed by atoms with Gasteiger partial charge in [0.15, 0.2) is 0 Å². The van der Waals surface area contributed by atoms with Crippen molar-refractivity contribution in [2.24, 2.45) is 11.8 Å². The van der Waals surface area contributed by atoms with E-state index in [-0.39, 0.29) is 35.5 Å². The van der Waals surface area contributed by atoms with Crippen molar-refractivity contribution in [2.75, 3.05) is 11.5 Å². The number of imide groups is 1. The zero-order valence-electron chi connectivity index (χ0n) is 22.3. The van der Waals surface area contributed by atoms with Crippen LogP contribution in [0.25, 0.3) is 0 Å². The van der Waals surface area contributed by atoms with Gasteiger partial charge in [-0.1, -0.05) is 60.6 Å². The first kappa shape index (κ1) is 27.2. The molecule has 9 heteroatoms. The number of fused-ring (bicyclic) bond motifs is 2. The fraction of sp³-hybridized carbons (Fsp3) is 0.667. The first-order chi connectivity index (χ1) is 16.9. The second-order valence-corrected chi connectivity index (χ2v) is 14.3. The molecular formula is C27H40N4O3S2. The lowest BCUT2D eigenvalue weighted by Crippen LogP contribution is -2.42. The van der Waals surface area contributed by atoms with Gasteiger partial charge in [0, 0.05) is 27.6 Å². The summed E-state index contributed by atoms with van der Waals surface area (Å²) in [6.45, 7) is 15.2. The van der Waals surface area contributed by atoms with E-state index in [0.29, 0.717) is 40.0 Å². The van der Waals surface area contributed by atoms with Crippen LogP contribution in [-0.4, -0.2) is 69.0 Å². The molecule has 1 aromatic carbocycles. The highest BCUT2D eigenvalue weighted by atomic mass is 32.2. The third kappa shape index (κ3) is 5.37. The van der Waals surface area contributed by atoms with E-state index >= 15 is 0 Å². The predicted molar refractivity (Wildman–Crippen MR) is 149 cm³/mol. The molecule has 0 unspecified atom stereocenters. The maximum Gasteiger partial charge on any atom is 0.325 e. The van der Waals surface area contributed by atoms with Crippen molar-refractivity contribution in [1.82, 2.24) is 20.9 Å². The summed E-state index contributed by atoms with van der Waals surface area (Å²) < 4.78 is 0. The number of thioether (sulfide) groups is 2. The fourth-order valence-corrected chi connectivity index (χ4v) is 8.64. The van der Waals surface area contributed by atoms with Gasteiger partial charge in [-0.15, -0.1) is 0 Å². The number of nitrogens with one attached hydrogen (secondary N) is 3. The molecule has 0 bridgehead atoms. The van der Waals surface area contributed by atoms with Crippen molar-refractivity contribution in [1.29, 1.82) is 0 Å². The van der Waals surface area contributed by atoms with Crippen LogP contribution in [0.3, 0.4) is 0 Å². The monoisotopic (exact) mass is 532 g/mol. The van der Waals surface area contributed by atoms with Gasteiger partial charge in [-0.2, -0.15) is 23.5 Å². The highest BCUT2D eigenvalue weighted by Gasteiger charge is 2.51. The van der Waals surface area contributed by atoms with Crippen LogP contribution in [0.4, 0.5) is 9.59 Å². The molecule has 6 atom stereocenters. The van der Waals surface area contributed by atoms with Crippen molar-refractivity contribution in [3.63, 3.8) is 0 Å². The van der Waals surface area contributed by atoms with Gasteiger partial charge in [-0.05, 0) is 34.9 Å². The summed E-state index contributed by atoms with van der Waals surface area (Å²) >= 11 is 3.83. The first-order valence-electron chi connectivity index (χ1n) is 12.9. The molecule has 4 heterocycles. The maximum absolute atomic E-state index is 12.9. The summed E-state index contributed by atoms with van der Waals surface area (Å²) in [5.41, 5.74) is 1.81. The summed E-state index contributed by atoms with van der Waals surface area (Å²) in [7, 11) is 0. The van der Waals surface area contributed by atoms with Gasteiger partial charge in [0.05, 0.1) is 24.2 Å². The molecule has 1 aromatic rings. The summed E-state index contributed by atoms with van der Waals surface area (Å²) in [6.07, 6.45) is 0. The first-order valence-corrected chi connectivity index (χ1v) is 15.0. The molecule has 5 rings (SSSR count). The van der Waals surface area contributed by atoms with Gasteiger partial charge in [-0.3, -0.25) is 9.69 Å². The average Bonchev–Trinajstić information content (AvgIpc) is 3.53. The maximum atomic E-state index is 12.9. The number of rotatable bonds is 3. The minimum atomic E-state index is -0.249. The summed E-state index contributed by atoms with van der Waals surface area (Å²) in [4.78, 5) is 37.7. The van der Waals surface area contributed by atoms with Gasteiger partial charge in [0.2, 0.25) is 0 Å². The van der Waals surface area contributed by atoms with Crippen molar-refractivity contribution in [3.8, 4) is 0 Å². The Bertz CT molecular complexity index is 992. The van der Waals surface area contributed by atoms with E-state index in [4.69, 9.17) is 0 Å². The second kappa shape index (κ2) is 10.5. The molecule has 5 amide bonds. The molecular weight excluding hydrogens is 492 g/mol. The van der Waals surface area contributed by atoms with Crippen molar-refractivity contribution >= 4 is 41.5 Å². The summed E-state index contributed by atoms with van der Waals surface area (Å²) in [5.74, 6) is 2.81. The minimum Gasteiger partial charge on any atom is -0.332 e. The average molecular weight is 533 g/mol. The van der Waals surface area contributed by atoms with Crippen LogP contribution in [0.15, 0.2) is 24.3 Å². The van der Waals surface area contributed by atoms with Crippen LogP contribution in [0, 0.1) is 11.8 Å². The van der Waals surface area contributed by atoms with E-state index in [1.54, 1.807) is 0 Å². The zero-order chi connectivity index (χ0) is 26.4. The SMILES string of the molecule is CC(C)[C@@H]1SC[C@@H]2NC(=O)N[C@@H]21.CC(C)[C@@H]1SC[C@H]2[C@@H]1NC(=O)N2C(=O)c1ccc(C(C)(C)C)cc1. The largest absolute Gasteiger partial charge is 0.332 e. The third-order valence-electron chi connectivity index (χ3n) is 7.47. The molecule has 3 N–H and O–H groups in total. The normalized spacial score (nSPS) is 31.0. The molecule has 0 radical (unpaired) electrons. The van der Waals surface area contributed by atoms with Gasteiger partial charge in [0.25, 0.3) is 5.91 Å². The molecule has 7 nitrogen and oxygen atoms in total. The molecule has 0 aliphatic carbocycles. The lowest BCUT2D eigenvalue weighted by Gasteiger charge is -2.22. The van der Waals surface area contributed by atoms with Gasteiger partial charge >= 0.3 is 12.1 Å². The van der Waals surface area contributed by atoms with E-state index in [1.807, 2.05) is 47.8 Å². The Morgan fingerprint density at radius 2 is 1.47 bits per heavy atom. The standard InChI is InChI=1S/C19H26N2O2S.C8H14N2OS/c1-11(2)16-15-14(10-24-16)21(18(23)20-15)17(22)12-6-8-13(9-7-12)19(3,4)5;1-4(2)7-6-5(3-12-7)9-8(11)10-6/h6-9,11,14-16H,10H2,1-5H3,(H,20,23);4-7H,3H2,1-2H3,(H2,9,10,11)/t14-,15-,16-;5-,6-,7-/m00/s1. The minimum absolute atomic E-state index is 0.0101. The van der Waals surface area contributed by atoms with E-state index in [0.717, 1.165) is 11.5 Å². The highest BCUT2D eigenvalue weighted by molar-refractivity contribution is 8.00. The number of amides is 5. The van der Waals surface area contributed by atoms with Crippen LogP contribution >= 0.6 is 23.5 Å². The number of urea groups is 2. The number of hydrogen-bond donors (Lipinski definition) is 3.